The fraction of sp³-hybridized carbons (Fsp3) is 0.533. The molecule has 8 heteroatoms. The summed E-state index contributed by atoms with van der Waals surface area (Å²) in [5.74, 6) is -0.0690. The number of amides is 1. The molecule has 1 saturated heterocycles. The Labute approximate surface area is 142 Å². The molecule has 0 aromatic heterocycles. The third-order valence-electron chi connectivity index (χ3n) is 3.93. The van der Waals surface area contributed by atoms with E-state index in [1.807, 2.05) is 7.05 Å². The molecule has 1 amide bonds. The number of piperidine rings is 1. The summed E-state index contributed by atoms with van der Waals surface area (Å²) < 4.78 is 0. The number of carbonyl (C=O) groups is 1. The van der Waals surface area contributed by atoms with Crippen LogP contribution in [-0.2, 0) is 4.79 Å². The highest BCUT2D eigenvalue weighted by Crippen LogP contribution is 2.16. The van der Waals surface area contributed by atoms with E-state index in [0.717, 1.165) is 26.1 Å². The second kappa shape index (κ2) is 9.44. The summed E-state index contributed by atoms with van der Waals surface area (Å²) in [6, 6.07) is 6.38. The second-order valence-corrected chi connectivity index (χ2v) is 5.53. The second-order valence-electron chi connectivity index (χ2n) is 5.53. The zero-order valence-electron chi connectivity index (χ0n) is 13.2. The quantitative estimate of drug-likeness (QED) is 0.610. The van der Waals surface area contributed by atoms with Crippen molar-refractivity contribution < 1.29 is 9.72 Å². The number of halogens is 1. The van der Waals surface area contributed by atoms with Crippen LogP contribution in [0.25, 0.3) is 0 Å². The smallest absolute Gasteiger partial charge is 0.269 e. The third kappa shape index (κ3) is 6.13. The number of likely N-dealkylation sites (tertiary alicyclic amines) is 1. The van der Waals surface area contributed by atoms with Crippen molar-refractivity contribution in [2.45, 2.75) is 25.3 Å². The van der Waals surface area contributed by atoms with Gasteiger partial charge in [0, 0.05) is 43.4 Å². The third-order valence-corrected chi connectivity index (χ3v) is 3.93. The van der Waals surface area contributed by atoms with Gasteiger partial charge in [0.25, 0.3) is 5.69 Å². The Hall–Kier alpha value is -1.70. The van der Waals surface area contributed by atoms with Crippen LogP contribution in [0, 0.1) is 10.1 Å². The molecule has 1 aliphatic rings. The summed E-state index contributed by atoms with van der Waals surface area (Å²) in [5, 5.41) is 16.6. The van der Waals surface area contributed by atoms with E-state index in [-0.39, 0.29) is 24.0 Å². The largest absolute Gasteiger partial charge is 0.326 e. The van der Waals surface area contributed by atoms with Crippen LogP contribution >= 0.6 is 12.4 Å². The molecule has 0 aliphatic carbocycles. The molecule has 1 heterocycles. The number of nitrogens with one attached hydrogen (secondary N) is 2. The van der Waals surface area contributed by atoms with Crippen LogP contribution in [0.4, 0.5) is 11.4 Å². The minimum Gasteiger partial charge on any atom is -0.326 e. The number of nitro groups is 1. The van der Waals surface area contributed by atoms with Crippen LogP contribution in [0.5, 0.6) is 0 Å². The molecule has 0 bridgehead atoms. The highest BCUT2D eigenvalue weighted by Gasteiger charge is 2.18. The molecule has 1 atom stereocenters. The van der Waals surface area contributed by atoms with Gasteiger partial charge in [-0.1, -0.05) is 0 Å². The van der Waals surface area contributed by atoms with Gasteiger partial charge in [-0.2, -0.15) is 0 Å². The van der Waals surface area contributed by atoms with Gasteiger partial charge in [0.2, 0.25) is 5.91 Å². The number of likely N-dealkylation sites (N-methyl/N-ethyl adjacent to an activating group) is 1. The number of nitrogens with zero attached hydrogens (tertiary/aromatic N) is 2. The van der Waals surface area contributed by atoms with E-state index < -0.39 is 4.92 Å². The van der Waals surface area contributed by atoms with Gasteiger partial charge in [-0.3, -0.25) is 14.9 Å². The molecule has 1 aromatic carbocycles. The first kappa shape index (κ1) is 19.3. The molecule has 1 aromatic rings. The number of anilines is 1. The lowest BCUT2D eigenvalue weighted by atomic mass is 10.1. The van der Waals surface area contributed by atoms with E-state index in [1.165, 1.54) is 18.6 Å². The minimum absolute atomic E-state index is 0. The van der Waals surface area contributed by atoms with Crippen LogP contribution in [0.1, 0.15) is 19.3 Å². The van der Waals surface area contributed by atoms with Gasteiger partial charge < -0.3 is 15.5 Å². The average Bonchev–Trinajstić information content (AvgIpc) is 2.53. The first-order valence-corrected chi connectivity index (χ1v) is 7.52. The molecule has 0 spiro atoms. The molecule has 1 aliphatic heterocycles. The summed E-state index contributed by atoms with van der Waals surface area (Å²) in [6.07, 6.45) is 2.75. The Bertz CT molecular complexity index is 524. The van der Waals surface area contributed by atoms with E-state index in [4.69, 9.17) is 0 Å². The predicted octanol–water partition coefficient (Wildman–Crippen LogP) is 2.03. The number of hydrogen-bond acceptors (Lipinski definition) is 5. The molecular formula is C15H23ClN4O3. The molecule has 23 heavy (non-hydrogen) atoms. The van der Waals surface area contributed by atoms with Crippen molar-refractivity contribution in [3.8, 4) is 0 Å². The molecule has 1 fully saturated rings. The lowest BCUT2D eigenvalue weighted by molar-refractivity contribution is -0.384. The average molecular weight is 343 g/mol. The Morgan fingerprint density at radius 3 is 2.70 bits per heavy atom. The van der Waals surface area contributed by atoms with Crippen molar-refractivity contribution >= 4 is 29.7 Å². The van der Waals surface area contributed by atoms with Gasteiger partial charge in [-0.05, 0) is 38.6 Å². The van der Waals surface area contributed by atoms with Crippen molar-refractivity contribution in [3.05, 3.63) is 34.4 Å². The standard InChI is InChI=1S/C15H22N4O3.ClH/c1-16-13-3-2-9-18(11-13)10-8-15(20)17-12-4-6-14(7-5-12)19(21)22;/h4-7,13,16H,2-3,8-11H2,1H3,(H,17,20);1H. The molecular weight excluding hydrogens is 320 g/mol. The number of hydrogen-bond donors (Lipinski definition) is 2. The van der Waals surface area contributed by atoms with Gasteiger partial charge in [0.15, 0.2) is 0 Å². The highest BCUT2D eigenvalue weighted by atomic mass is 35.5. The Morgan fingerprint density at radius 1 is 1.39 bits per heavy atom. The molecule has 0 radical (unpaired) electrons. The molecule has 7 nitrogen and oxygen atoms in total. The van der Waals surface area contributed by atoms with Crippen LogP contribution < -0.4 is 10.6 Å². The fourth-order valence-electron chi connectivity index (χ4n) is 2.64. The molecule has 2 rings (SSSR count). The van der Waals surface area contributed by atoms with E-state index >= 15 is 0 Å². The molecule has 0 saturated carbocycles. The van der Waals surface area contributed by atoms with Crippen molar-refractivity contribution in [1.82, 2.24) is 10.2 Å². The lowest BCUT2D eigenvalue weighted by Gasteiger charge is -2.32. The van der Waals surface area contributed by atoms with E-state index in [2.05, 4.69) is 15.5 Å². The lowest BCUT2D eigenvalue weighted by Crippen LogP contribution is -2.45. The fourth-order valence-corrected chi connectivity index (χ4v) is 2.64. The first-order valence-electron chi connectivity index (χ1n) is 7.52. The summed E-state index contributed by atoms with van der Waals surface area (Å²) >= 11 is 0. The number of benzene rings is 1. The summed E-state index contributed by atoms with van der Waals surface area (Å²) in [6.45, 7) is 2.74. The van der Waals surface area contributed by atoms with Gasteiger partial charge in [0.1, 0.15) is 0 Å². The van der Waals surface area contributed by atoms with Gasteiger partial charge in [0.05, 0.1) is 4.92 Å². The molecule has 128 valence electrons. The zero-order valence-corrected chi connectivity index (χ0v) is 14.0. The van der Waals surface area contributed by atoms with Crippen LogP contribution in [0.2, 0.25) is 0 Å². The normalized spacial score (nSPS) is 18.0. The van der Waals surface area contributed by atoms with Crippen LogP contribution in [0.3, 0.4) is 0 Å². The van der Waals surface area contributed by atoms with E-state index in [1.54, 1.807) is 12.1 Å². The maximum atomic E-state index is 11.9. The number of nitro benzene ring substituents is 1. The topological polar surface area (TPSA) is 87.5 Å². The molecule has 1 unspecified atom stereocenters. The van der Waals surface area contributed by atoms with Gasteiger partial charge >= 0.3 is 0 Å². The zero-order chi connectivity index (χ0) is 15.9. The Kier molecular flexibility index (Phi) is 7.94. The minimum atomic E-state index is -0.458. The van der Waals surface area contributed by atoms with Crippen LogP contribution in [0.15, 0.2) is 24.3 Å². The SMILES string of the molecule is CNC1CCCN(CCC(=O)Nc2ccc([N+](=O)[O-])cc2)C1.Cl. The van der Waals surface area contributed by atoms with Crippen LogP contribution in [-0.4, -0.2) is 48.5 Å². The van der Waals surface area contributed by atoms with Crippen molar-refractivity contribution in [2.75, 3.05) is 32.0 Å². The maximum Gasteiger partial charge on any atom is 0.269 e. The number of non-ortho nitro benzene ring substituents is 1. The monoisotopic (exact) mass is 342 g/mol. The van der Waals surface area contributed by atoms with E-state index in [9.17, 15) is 14.9 Å². The maximum absolute atomic E-state index is 11.9. The summed E-state index contributed by atoms with van der Waals surface area (Å²) in [5.41, 5.74) is 0.603. The Morgan fingerprint density at radius 2 is 2.09 bits per heavy atom. The van der Waals surface area contributed by atoms with E-state index in [0.29, 0.717) is 18.2 Å². The summed E-state index contributed by atoms with van der Waals surface area (Å²) in [4.78, 5) is 24.3. The number of carbonyl (C=O) groups excluding carboxylic acids is 1. The highest BCUT2D eigenvalue weighted by molar-refractivity contribution is 5.90. The summed E-state index contributed by atoms with van der Waals surface area (Å²) in [7, 11) is 1.97. The van der Waals surface area contributed by atoms with Crippen molar-refractivity contribution in [2.24, 2.45) is 0 Å². The van der Waals surface area contributed by atoms with Gasteiger partial charge in [-0.25, -0.2) is 0 Å². The van der Waals surface area contributed by atoms with Gasteiger partial charge in [-0.15, -0.1) is 12.4 Å². The molecule has 2 N–H and O–H groups in total. The predicted molar refractivity (Wildman–Crippen MR) is 92.1 cm³/mol. The Balaban J connectivity index is 0.00000264. The number of rotatable bonds is 6. The first-order chi connectivity index (χ1) is 10.6. The van der Waals surface area contributed by atoms with Crippen molar-refractivity contribution in [1.29, 1.82) is 0 Å². The van der Waals surface area contributed by atoms with Crippen molar-refractivity contribution in [3.63, 3.8) is 0 Å².